The van der Waals surface area contributed by atoms with Gasteiger partial charge in [0.1, 0.15) is 5.82 Å². The van der Waals surface area contributed by atoms with E-state index in [1.165, 1.54) is 19.3 Å². The third kappa shape index (κ3) is 3.74. The van der Waals surface area contributed by atoms with Crippen LogP contribution in [-0.4, -0.2) is 28.6 Å². The molecule has 2 aromatic rings. The molecule has 5 nitrogen and oxygen atoms in total. The molecule has 21 heavy (non-hydrogen) atoms. The van der Waals surface area contributed by atoms with Crippen molar-refractivity contribution < 1.29 is 4.79 Å². The number of urea groups is 1. The van der Waals surface area contributed by atoms with Crippen molar-refractivity contribution >= 4 is 17.1 Å². The van der Waals surface area contributed by atoms with Gasteiger partial charge in [-0.1, -0.05) is 31.4 Å². The van der Waals surface area contributed by atoms with Crippen LogP contribution >= 0.6 is 0 Å². The number of benzene rings is 1. The number of nitrogens with one attached hydrogen (secondary N) is 3. The quantitative estimate of drug-likeness (QED) is 0.809. The predicted octanol–water partition coefficient (Wildman–Crippen LogP) is 2.74. The number of imidazole rings is 1. The van der Waals surface area contributed by atoms with Gasteiger partial charge in [0.2, 0.25) is 0 Å². The molecule has 1 fully saturated rings. The van der Waals surface area contributed by atoms with Crippen molar-refractivity contribution in [1.29, 1.82) is 0 Å². The maximum Gasteiger partial charge on any atom is 0.315 e. The number of carbonyl (C=O) groups excluding carboxylic acids is 1. The van der Waals surface area contributed by atoms with Gasteiger partial charge >= 0.3 is 6.03 Å². The second kappa shape index (κ2) is 6.61. The Balaban J connectivity index is 1.43. The Morgan fingerprint density at radius 1 is 1.24 bits per heavy atom. The molecular formula is C16H22N4O. The second-order valence-electron chi connectivity index (χ2n) is 5.69. The standard InChI is InChI=1S/C16H22N4O/c21-16(18-12-6-2-1-3-7-12)17-11-10-15-19-13-8-4-5-9-14(13)20-15/h4-5,8-9,12H,1-3,6-7,10-11H2,(H,19,20)(H2,17,18,21). The summed E-state index contributed by atoms with van der Waals surface area (Å²) in [6, 6.07) is 8.25. The van der Waals surface area contributed by atoms with Crippen molar-refractivity contribution in [2.75, 3.05) is 6.54 Å². The molecule has 0 aliphatic heterocycles. The fourth-order valence-corrected chi connectivity index (χ4v) is 2.90. The smallest absolute Gasteiger partial charge is 0.315 e. The first-order valence-corrected chi connectivity index (χ1v) is 7.79. The summed E-state index contributed by atoms with van der Waals surface area (Å²) in [6.07, 6.45) is 6.68. The molecule has 1 aromatic heterocycles. The Morgan fingerprint density at radius 3 is 2.86 bits per heavy atom. The van der Waals surface area contributed by atoms with Gasteiger partial charge in [-0.05, 0) is 25.0 Å². The van der Waals surface area contributed by atoms with Crippen LogP contribution in [-0.2, 0) is 6.42 Å². The van der Waals surface area contributed by atoms with Gasteiger partial charge in [0.25, 0.3) is 0 Å². The van der Waals surface area contributed by atoms with E-state index in [1.807, 2.05) is 24.3 Å². The van der Waals surface area contributed by atoms with Crippen LogP contribution in [0.1, 0.15) is 37.9 Å². The highest BCUT2D eigenvalue weighted by Gasteiger charge is 2.15. The number of rotatable bonds is 4. The van der Waals surface area contributed by atoms with E-state index in [1.54, 1.807) is 0 Å². The van der Waals surface area contributed by atoms with E-state index >= 15 is 0 Å². The number of H-pyrrole nitrogens is 1. The monoisotopic (exact) mass is 286 g/mol. The van der Waals surface area contributed by atoms with E-state index in [-0.39, 0.29) is 6.03 Å². The largest absolute Gasteiger partial charge is 0.342 e. The summed E-state index contributed by atoms with van der Waals surface area (Å²) in [4.78, 5) is 19.6. The van der Waals surface area contributed by atoms with Crippen LogP contribution in [0.2, 0.25) is 0 Å². The van der Waals surface area contributed by atoms with E-state index in [0.29, 0.717) is 19.0 Å². The summed E-state index contributed by atoms with van der Waals surface area (Å²) in [5, 5.41) is 5.96. The Labute approximate surface area is 124 Å². The number of aromatic amines is 1. The molecule has 0 atom stereocenters. The van der Waals surface area contributed by atoms with Gasteiger partial charge in [0.15, 0.2) is 0 Å². The van der Waals surface area contributed by atoms with Crippen molar-refractivity contribution in [1.82, 2.24) is 20.6 Å². The zero-order valence-corrected chi connectivity index (χ0v) is 12.2. The van der Waals surface area contributed by atoms with Crippen LogP contribution < -0.4 is 10.6 Å². The minimum Gasteiger partial charge on any atom is -0.342 e. The molecule has 112 valence electrons. The summed E-state index contributed by atoms with van der Waals surface area (Å²) in [6.45, 7) is 0.596. The second-order valence-corrected chi connectivity index (χ2v) is 5.69. The fraction of sp³-hybridized carbons (Fsp3) is 0.500. The number of hydrogen-bond donors (Lipinski definition) is 3. The van der Waals surface area contributed by atoms with E-state index < -0.39 is 0 Å². The average molecular weight is 286 g/mol. The molecule has 1 heterocycles. The summed E-state index contributed by atoms with van der Waals surface area (Å²) < 4.78 is 0. The molecule has 1 aliphatic rings. The summed E-state index contributed by atoms with van der Waals surface area (Å²) in [5.41, 5.74) is 2.01. The van der Waals surface area contributed by atoms with Gasteiger partial charge < -0.3 is 15.6 Å². The lowest BCUT2D eigenvalue weighted by Crippen LogP contribution is -2.43. The zero-order chi connectivity index (χ0) is 14.5. The van der Waals surface area contributed by atoms with Crippen LogP contribution in [0, 0.1) is 0 Å². The lowest BCUT2D eigenvalue weighted by Gasteiger charge is -2.22. The van der Waals surface area contributed by atoms with Gasteiger partial charge in [-0.15, -0.1) is 0 Å². The highest BCUT2D eigenvalue weighted by Crippen LogP contribution is 2.17. The van der Waals surface area contributed by atoms with Gasteiger partial charge in [-0.3, -0.25) is 0 Å². The lowest BCUT2D eigenvalue weighted by molar-refractivity contribution is 0.233. The van der Waals surface area contributed by atoms with Gasteiger partial charge in [-0.2, -0.15) is 0 Å². The first-order valence-electron chi connectivity index (χ1n) is 7.79. The Bertz CT molecular complexity index is 568. The normalized spacial score (nSPS) is 16.0. The van der Waals surface area contributed by atoms with Crippen LogP contribution in [0.3, 0.4) is 0 Å². The van der Waals surface area contributed by atoms with Crippen LogP contribution in [0.5, 0.6) is 0 Å². The highest BCUT2D eigenvalue weighted by atomic mass is 16.2. The van der Waals surface area contributed by atoms with Crippen molar-refractivity contribution in [2.45, 2.75) is 44.6 Å². The van der Waals surface area contributed by atoms with E-state index in [4.69, 9.17) is 0 Å². The minimum atomic E-state index is -0.0574. The number of aromatic nitrogens is 2. The lowest BCUT2D eigenvalue weighted by atomic mass is 9.96. The third-order valence-electron chi connectivity index (χ3n) is 4.03. The van der Waals surface area contributed by atoms with Crippen molar-refractivity contribution in [3.63, 3.8) is 0 Å². The molecule has 2 amide bonds. The molecule has 0 unspecified atom stereocenters. The number of hydrogen-bond acceptors (Lipinski definition) is 2. The first kappa shape index (κ1) is 13.9. The first-order chi connectivity index (χ1) is 10.3. The van der Waals surface area contributed by atoms with E-state index in [0.717, 1.165) is 29.7 Å². The van der Waals surface area contributed by atoms with Crippen molar-refractivity contribution in [2.24, 2.45) is 0 Å². The Morgan fingerprint density at radius 2 is 2.05 bits per heavy atom. The molecule has 0 radical (unpaired) electrons. The maximum absolute atomic E-state index is 11.8. The molecule has 3 rings (SSSR count). The molecule has 0 spiro atoms. The molecule has 3 N–H and O–H groups in total. The summed E-state index contributed by atoms with van der Waals surface area (Å²) >= 11 is 0. The van der Waals surface area contributed by atoms with E-state index in [2.05, 4.69) is 20.6 Å². The average Bonchev–Trinajstić information content (AvgIpc) is 2.91. The molecule has 1 aliphatic carbocycles. The fourth-order valence-electron chi connectivity index (χ4n) is 2.90. The van der Waals surface area contributed by atoms with Gasteiger partial charge in [-0.25, -0.2) is 9.78 Å². The number of fused-ring (bicyclic) bond motifs is 1. The number of amides is 2. The van der Waals surface area contributed by atoms with Gasteiger partial charge in [0.05, 0.1) is 11.0 Å². The minimum absolute atomic E-state index is 0.0574. The molecule has 0 saturated heterocycles. The van der Waals surface area contributed by atoms with Gasteiger partial charge in [0, 0.05) is 19.0 Å². The van der Waals surface area contributed by atoms with Crippen LogP contribution in [0.25, 0.3) is 11.0 Å². The summed E-state index contributed by atoms with van der Waals surface area (Å²) in [5.74, 6) is 0.911. The summed E-state index contributed by atoms with van der Waals surface area (Å²) in [7, 11) is 0. The molecular weight excluding hydrogens is 264 g/mol. The van der Waals surface area contributed by atoms with Crippen LogP contribution in [0.4, 0.5) is 4.79 Å². The topological polar surface area (TPSA) is 69.8 Å². The number of carbonyl (C=O) groups is 1. The SMILES string of the molecule is O=C(NCCc1nc2ccccc2[nH]1)NC1CCCCC1. The third-order valence-corrected chi connectivity index (χ3v) is 4.03. The van der Waals surface area contributed by atoms with Crippen molar-refractivity contribution in [3.8, 4) is 0 Å². The van der Waals surface area contributed by atoms with Crippen molar-refractivity contribution in [3.05, 3.63) is 30.1 Å². The predicted molar refractivity (Wildman–Crippen MR) is 83.2 cm³/mol. The molecule has 1 saturated carbocycles. The number of para-hydroxylation sites is 2. The van der Waals surface area contributed by atoms with E-state index in [9.17, 15) is 4.79 Å². The van der Waals surface area contributed by atoms with Crippen LogP contribution in [0.15, 0.2) is 24.3 Å². The Kier molecular flexibility index (Phi) is 4.38. The Hall–Kier alpha value is -2.04. The number of nitrogens with zero attached hydrogens (tertiary/aromatic N) is 1. The molecule has 5 heteroatoms. The highest BCUT2D eigenvalue weighted by molar-refractivity contribution is 5.75. The zero-order valence-electron chi connectivity index (χ0n) is 12.2. The molecule has 0 bridgehead atoms. The maximum atomic E-state index is 11.8. The molecule has 1 aromatic carbocycles.